The van der Waals surface area contributed by atoms with Gasteiger partial charge in [0.25, 0.3) is 0 Å². The summed E-state index contributed by atoms with van der Waals surface area (Å²) < 4.78 is 5.54. The summed E-state index contributed by atoms with van der Waals surface area (Å²) in [5.41, 5.74) is 4.55. The Morgan fingerprint density at radius 1 is 1.11 bits per heavy atom. The van der Waals surface area contributed by atoms with Crippen molar-refractivity contribution < 1.29 is 29.0 Å². The molecule has 3 N–H and O–H groups in total. The molecule has 9 heteroatoms. The first-order valence-electron chi connectivity index (χ1n) is 11.8. The topological polar surface area (TPSA) is 125 Å². The van der Waals surface area contributed by atoms with Crippen LogP contribution in [0, 0.1) is 0 Å². The Kier molecular flexibility index (Phi) is 7.33. The standard InChI is InChI=1S/C26H29N3O6/c1-16(10-11-23(30)29-13-12-27-25(33)22(29)14-24(31)32)28-26(34)35-15-21-19-8-4-2-6-17(19)18-7-3-5-9-20(18)21/h2-9,16,21-22H,10-15H2,1H3,(H,27,33)(H,28,34)(H,31,32). The monoisotopic (exact) mass is 479 g/mol. The summed E-state index contributed by atoms with van der Waals surface area (Å²) in [7, 11) is 0. The molecule has 1 fully saturated rings. The Labute approximate surface area is 203 Å². The minimum Gasteiger partial charge on any atom is -0.481 e. The van der Waals surface area contributed by atoms with Crippen LogP contribution in [0.5, 0.6) is 0 Å². The van der Waals surface area contributed by atoms with Gasteiger partial charge in [0.15, 0.2) is 0 Å². The Morgan fingerprint density at radius 3 is 2.37 bits per heavy atom. The molecule has 0 radical (unpaired) electrons. The zero-order valence-corrected chi connectivity index (χ0v) is 19.5. The van der Waals surface area contributed by atoms with Gasteiger partial charge in [-0.1, -0.05) is 48.5 Å². The van der Waals surface area contributed by atoms with E-state index in [1.54, 1.807) is 6.92 Å². The van der Waals surface area contributed by atoms with Crippen LogP contribution in [0.25, 0.3) is 11.1 Å². The minimum absolute atomic E-state index is 0.0403. The SMILES string of the molecule is CC(CCC(=O)N1CCNC(=O)C1CC(=O)O)NC(=O)OCC1c2ccccc2-c2ccccc21. The van der Waals surface area contributed by atoms with Crippen LogP contribution in [0.2, 0.25) is 0 Å². The molecular weight excluding hydrogens is 450 g/mol. The van der Waals surface area contributed by atoms with Crippen LogP contribution in [0.4, 0.5) is 4.79 Å². The molecule has 1 saturated heterocycles. The predicted octanol–water partition coefficient (Wildman–Crippen LogP) is 2.50. The van der Waals surface area contributed by atoms with Gasteiger partial charge in [-0.3, -0.25) is 14.4 Å². The highest BCUT2D eigenvalue weighted by atomic mass is 16.5. The molecule has 1 aliphatic carbocycles. The number of rotatable bonds is 8. The van der Waals surface area contributed by atoms with E-state index in [1.807, 2.05) is 36.4 Å². The van der Waals surface area contributed by atoms with E-state index in [1.165, 1.54) is 4.90 Å². The van der Waals surface area contributed by atoms with Crippen LogP contribution >= 0.6 is 0 Å². The van der Waals surface area contributed by atoms with Gasteiger partial charge in [-0.25, -0.2) is 4.79 Å². The summed E-state index contributed by atoms with van der Waals surface area (Å²) >= 11 is 0. The largest absolute Gasteiger partial charge is 0.481 e. The molecule has 0 aromatic heterocycles. The lowest BCUT2D eigenvalue weighted by Crippen LogP contribution is -2.57. The van der Waals surface area contributed by atoms with Crippen LogP contribution in [0.15, 0.2) is 48.5 Å². The number of nitrogens with one attached hydrogen (secondary N) is 2. The van der Waals surface area contributed by atoms with Crippen LogP contribution in [0.3, 0.4) is 0 Å². The normalized spacial score (nSPS) is 17.7. The predicted molar refractivity (Wildman–Crippen MR) is 128 cm³/mol. The molecule has 35 heavy (non-hydrogen) atoms. The summed E-state index contributed by atoms with van der Waals surface area (Å²) in [6, 6.07) is 14.8. The van der Waals surface area contributed by atoms with E-state index >= 15 is 0 Å². The van der Waals surface area contributed by atoms with E-state index in [0.29, 0.717) is 6.42 Å². The molecule has 2 atom stereocenters. The molecule has 2 aromatic rings. The summed E-state index contributed by atoms with van der Waals surface area (Å²) in [5, 5.41) is 14.4. The van der Waals surface area contributed by atoms with E-state index in [4.69, 9.17) is 9.84 Å². The van der Waals surface area contributed by atoms with Crippen molar-refractivity contribution in [3.05, 3.63) is 59.7 Å². The lowest BCUT2D eigenvalue weighted by atomic mass is 9.98. The second kappa shape index (κ2) is 10.6. The average molecular weight is 480 g/mol. The molecule has 2 aromatic carbocycles. The number of carboxylic acid groups (broad SMARTS) is 1. The number of carboxylic acids is 1. The molecule has 9 nitrogen and oxygen atoms in total. The number of ether oxygens (including phenoxy) is 1. The zero-order valence-electron chi connectivity index (χ0n) is 19.5. The Balaban J connectivity index is 1.27. The number of hydrogen-bond donors (Lipinski definition) is 3. The maximum atomic E-state index is 12.7. The minimum atomic E-state index is -1.14. The Hall–Kier alpha value is -3.88. The highest BCUT2D eigenvalue weighted by Crippen LogP contribution is 2.44. The fourth-order valence-electron chi connectivity index (χ4n) is 4.78. The quantitative estimate of drug-likeness (QED) is 0.534. The second-order valence-corrected chi connectivity index (χ2v) is 8.90. The summed E-state index contributed by atoms with van der Waals surface area (Å²) in [4.78, 5) is 49.5. The van der Waals surface area contributed by atoms with Gasteiger partial charge in [0.2, 0.25) is 11.8 Å². The number of hydrogen-bond acceptors (Lipinski definition) is 5. The van der Waals surface area contributed by atoms with E-state index in [0.717, 1.165) is 22.3 Å². The van der Waals surface area contributed by atoms with Gasteiger partial charge < -0.3 is 25.4 Å². The van der Waals surface area contributed by atoms with Crippen molar-refractivity contribution in [1.82, 2.24) is 15.5 Å². The van der Waals surface area contributed by atoms with Gasteiger partial charge in [0, 0.05) is 31.5 Å². The number of carbonyl (C=O) groups excluding carboxylic acids is 3. The fourth-order valence-corrected chi connectivity index (χ4v) is 4.78. The van der Waals surface area contributed by atoms with Crippen molar-refractivity contribution in [3.63, 3.8) is 0 Å². The molecule has 3 amide bonds. The van der Waals surface area contributed by atoms with Gasteiger partial charge in [-0.2, -0.15) is 0 Å². The molecular formula is C26H29N3O6. The van der Waals surface area contributed by atoms with E-state index in [2.05, 4.69) is 22.8 Å². The molecule has 184 valence electrons. The zero-order chi connectivity index (χ0) is 24.9. The van der Waals surface area contributed by atoms with Crippen LogP contribution in [0.1, 0.15) is 43.2 Å². The van der Waals surface area contributed by atoms with Crippen molar-refractivity contribution in [2.24, 2.45) is 0 Å². The number of alkyl carbamates (subject to hydrolysis) is 1. The van der Waals surface area contributed by atoms with Crippen molar-refractivity contribution in [1.29, 1.82) is 0 Å². The molecule has 1 aliphatic heterocycles. The lowest BCUT2D eigenvalue weighted by Gasteiger charge is -2.34. The van der Waals surface area contributed by atoms with Crippen LogP contribution in [-0.2, 0) is 19.1 Å². The third kappa shape index (κ3) is 5.45. The molecule has 1 heterocycles. The van der Waals surface area contributed by atoms with Crippen molar-refractivity contribution in [3.8, 4) is 11.1 Å². The van der Waals surface area contributed by atoms with Crippen molar-refractivity contribution in [2.75, 3.05) is 19.7 Å². The van der Waals surface area contributed by atoms with Crippen LogP contribution in [-0.4, -0.2) is 65.7 Å². The molecule has 0 spiro atoms. The molecule has 4 rings (SSSR count). The number of carbonyl (C=O) groups is 4. The second-order valence-electron chi connectivity index (χ2n) is 8.90. The number of aliphatic carboxylic acids is 1. The molecule has 2 unspecified atom stereocenters. The lowest BCUT2D eigenvalue weighted by molar-refractivity contribution is -0.148. The Bertz CT molecular complexity index is 1090. The van der Waals surface area contributed by atoms with Gasteiger partial charge in [-0.05, 0) is 35.6 Å². The van der Waals surface area contributed by atoms with Gasteiger partial charge >= 0.3 is 12.1 Å². The van der Waals surface area contributed by atoms with E-state index < -0.39 is 30.4 Å². The molecule has 2 aliphatic rings. The van der Waals surface area contributed by atoms with Crippen molar-refractivity contribution in [2.45, 2.75) is 44.2 Å². The van der Waals surface area contributed by atoms with E-state index in [-0.39, 0.29) is 44.0 Å². The first-order valence-corrected chi connectivity index (χ1v) is 11.8. The average Bonchev–Trinajstić information content (AvgIpc) is 3.16. The number of piperazine rings is 1. The Morgan fingerprint density at radius 2 is 1.74 bits per heavy atom. The first-order chi connectivity index (χ1) is 16.8. The van der Waals surface area contributed by atoms with Crippen LogP contribution < -0.4 is 10.6 Å². The first kappa shape index (κ1) is 24.3. The fraction of sp³-hybridized carbons (Fsp3) is 0.385. The maximum absolute atomic E-state index is 12.7. The molecule has 0 bridgehead atoms. The highest BCUT2D eigenvalue weighted by molar-refractivity contribution is 5.91. The van der Waals surface area contributed by atoms with Crippen molar-refractivity contribution >= 4 is 23.9 Å². The number of benzene rings is 2. The summed E-state index contributed by atoms with van der Waals surface area (Å²) in [6.45, 7) is 2.52. The maximum Gasteiger partial charge on any atom is 0.407 e. The number of nitrogens with zero attached hydrogens (tertiary/aromatic N) is 1. The third-order valence-electron chi connectivity index (χ3n) is 6.52. The smallest absolute Gasteiger partial charge is 0.407 e. The summed E-state index contributed by atoms with van der Waals surface area (Å²) in [5.74, 6) is -1.96. The number of fused-ring (bicyclic) bond motifs is 3. The van der Waals surface area contributed by atoms with Gasteiger partial charge in [0.05, 0.1) is 6.42 Å². The summed E-state index contributed by atoms with van der Waals surface area (Å²) in [6.07, 6.45) is -0.590. The van der Waals surface area contributed by atoms with Gasteiger partial charge in [0.1, 0.15) is 12.6 Å². The molecule has 0 saturated carbocycles. The van der Waals surface area contributed by atoms with E-state index in [9.17, 15) is 19.2 Å². The van der Waals surface area contributed by atoms with Gasteiger partial charge in [-0.15, -0.1) is 0 Å². The number of amides is 3. The third-order valence-corrected chi connectivity index (χ3v) is 6.52. The highest BCUT2D eigenvalue weighted by Gasteiger charge is 2.34.